The molecule has 0 saturated carbocycles. The van der Waals surface area contributed by atoms with E-state index in [4.69, 9.17) is 11.6 Å². The van der Waals surface area contributed by atoms with Crippen LogP contribution in [0.2, 0.25) is 5.02 Å². The molecule has 0 N–H and O–H groups in total. The molecule has 0 bridgehead atoms. The van der Waals surface area contributed by atoms with Gasteiger partial charge in [-0.05, 0) is 18.6 Å². The average Bonchev–Trinajstić information content (AvgIpc) is 2.06. The molecule has 1 aromatic carbocycles. The molecule has 3 nitrogen and oxygen atoms in total. The molecule has 0 aliphatic carbocycles. The number of rotatable bonds is 1. The van der Waals surface area contributed by atoms with Crippen LogP contribution in [0.25, 0.3) is 0 Å². The Morgan fingerprint density at radius 3 is 2.33 bits per heavy atom. The van der Waals surface area contributed by atoms with Crippen molar-refractivity contribution in [2.75, 3.05) is 0 Å². The quantitative estimate of drug-likeness (QED) is 0.555. The van der Waals surface area contributed by atoms with Crippen molar-refractivity contribution >= 4 is 17.3 Å². The number of halogens is 4. The van der Waals surface area contributed by atoms with E-state index in [0.717, 1.165) is 6.07 Å². The molecule has 0 fully saturated rings. The number of aryl methyl sites for hydroxylation is 1. The molecule has 15 heavy (non-hydrogen) atoms. The minimum Gasteiger partial charge on any atom is -0.258 e. The Hall–Kier alpha value is -1.30. The molecule has 0 heterocycles. The van der Waals surface area contributed by atoms with E-state index in [2.05, 4.69) is 0 Å². The summed E-state index contributed by atoms with van der Waals surface area (Å²) < 4.78 is 37.1. The molecule has 1 rings (SSSR count). The van der Waals surface area contributed by atoms with Crippen molar-refractivity contribution in [2.24, 2.45) is 0 Å². The van der Waals surface area contributed by atoms with E-state index in [1.54, 1.807) is 0 Å². The van der Waals surface area contributed by atoms with Crippen molar-refractivity contribution in [3.8, 4) is 0 Å². The lowest BCUT2D eigenvalue weighted by molar-refractivity contribution is -0.387. The van der Waals surface area contributed by atoms with Gasteiger partial charge >= 0.3 is 6.18 Å². The number of alkyl halides is 3. The van der Waals surface area contributed by atoms with Gasteiger partial charge in [-0.3, -0.25) is 10.1 Å². The largest absolute Gasteiger partial charge is 0.423 e. The van der Waals surface area contributed by atoms with E-state index >= 15 is 0 Å². The highest BCUT2D eigenvalue weighted by molar-refractivity contribution is 6.33. The lowest BCUT2D eigenvalue weighted by Gasteiger charge is -2.09. The van der Waals surface area contributed by atoms with Gasteiger partial charge in [0.15, 0.2) is 0 Å². The molecule has 0 amide bonds. The number of nitro groups is 1. The minimum atomic E-state index is -4.78. The standard InChI is InChI=1S/C8H5ClF3NO2/c1-4-2-3-5(8(10,11)12)7(6(4)9)13(14)15/h2-3H,1H3. The summed E-state index contributed by atoms with van der Waals surface area (Å²) in [6.45, 7) is 1.40. The summed E-state index contributed by atoms with van der Waals surface area (Å²) in [5.41, 5.74) is -2.19. The minimum absolute atomic E-state index is 0.233. The first-order valence-electron chi connectivity index (χ1n) is 3.76. The second kappa shape index (κ2) is 3.69. The molecular formula is C8H5ClF3NO2. The van der Waals surface area contributed by atoms with Crippen LogP contribution >= 0.6 is 11.6 Å². The van der Waals surface area contributed by atoms with Gasteiger partial charge in [-0.2, -0.15) is 13.2 Å². The lowest BCUT2D eigenvalue weighted by Crippen LogP contribution is -2.09. The maximum absolute atomic E-state index is 12.4. The monoisotopic (exact) mass is 239 g/mol. The van der Waals surface area contributed by atoms with Gasteiger partial charge in [-0.1, -0.05) is 17.7 Å². The van der Waals surface area contributed by atoms with Crippen molar-refractivity contribution in [1.82, 2.24) is 0 Å². The molecule has 1 aromatic rings. The van der Waals surface area contributed by atoms with E-state index in [0.29, 0.717) is 6.07 Å². The fraction of sp³-hybridized carbons (Fsp3) is 0.250. The third kappa shape index (κ3) is 2.20. The molecule has 0 unspecified atom stereocenters. The predicted octanol–water partition coefficient (Wildman–Crippen LogP) is 3.58. The van der Waals surface area contributed by atoms with Crippen LogP contribution in [0.4, 0.5) is 18.9 Å². The zero-order chi connectivity index (χ0) is 11.8. The summed E-state index contributed by atoms with van der Waals surface area (Å²) in [6, 6.07) is 1.75. The Morgan fingerprint density at radius 2 is 1.93 bits per heavy atom. The average molecular weight is 240 g/mol. The smallest absolute Gasteiger partial charge is 0.258 e. The van der Waals surface area contributed by atoms with Crippen molar-refractivity contribution < 1.29 is 18.1 Å². The van der Waals surface area contributed by atoms with Crippen molar-refractivity contribution in [1.29, 1.82) is 0 Å². The van der Waals surface area contributed by atoms with Crippen LogP contribution in [0.1, 0.15) is 11.1 Å². The highest BCUT2D eigenvalue weighted by Crippen LogP contribution is 2.40. The van der Waals surface area contributed by atoms with Crippen LogP contribution in [0.3, 0.4) is 0 Å². The van der Waals surface area contributed by atoms with E-state index < -0.39 is 27.4 Å². The molecule has 82 valence electrons. The zero-order valence-electron chi connectivity index (χ0n) is 7.43. The van der Waals surface area contributed by atoms with Gasteiger partial charge in [0.25, 0.3) is 5.69 Å². The second-order valence-corrected chi connectivity index (χ2v) is 3.23. The van der Waals surface area contributed by atoms with Crippen molar-refractivity contribution in [2.45, 2.75) is 13.1 Å². The lowest BCUT2D eigenvalue weighted by atomic mass is 10.1. The Balaban J connectivity index is 3.55. The number of benzene rings is 1. The first-order valence-corrected chi connectivity index (χ1v) is 4.13. The maximum atomic E-state index is 12.4. The van der Waals surface area contributed by atoms with Crippen molar-refractivity contribution in [3.63, 3.8) is 0 Å². The zero-order valence-corrected chi connectivity index (χ0v) is 8.19. The molecular weight excluding hydrogens is 235 g/mol. The van der Waals surface area contributed by atoms with E-state index in [1.807, 2.05) is 0 Å². The van der Waals surface area contributed by atoms with Crippen LogP contribution in [-0.2, 0) is 6.18 Å². The summed E-state index contributed by atoms with van der Waals surface area (Å²) in [4.78, 5) is 9.34. The number of nitrogens with zero attached hydrogens (tertiary/aromatic N) is 1. The van der Waals surface area contributed by atoms with E-state index in [9.17, 15) is 23.3 Å². The van der Waals surface area contributed by atoms with Crippen LogP contribution in [0.5, 0.6) is 0 Å². The molecule has 0 radical (unpaired) electrons. The molecule has 0 spiro atoms. The molecule has 0 atom stereocenters. The number of nitro benzene ring substituents is 1. The van der Waals surface area contributed by atoms with Crippen LogP contribution in [0.15, 0.2) is 12.1 Å². The molecule has 0 aromatic heterocycles. The fourth-order valence-corrected chi connectivity index (χ4v) is 1.31. The summed E-state index contributed by atoms with van der Waals surface area (Å²) in [5, 5.41) is 9.99. The maximum Gasteiger partial charge on any atom is 0.423 e. The van der Waals surface area contributed by atoms with Gasteiger partial charge in [0, 0.05) is 0 Å². The van der Waals surface area contributed by atoms with Crippen molar-refractivity contribution in [3.05, 3.63) is 38.4 Å². The normalized spacial score (nSPS) is 11.5. The first kappa shape index (κ1) is 11.8. The number of hydrogen-bond donors (Lipinski definition) is 0. The SMILES string of the molecule is Cc1ccc(C(F)(F)F)c([N+](=O)[O-])c1Cl. The molecule has 7 heteroatoms. The van der Waals surface area contributed by atoms with E-state index in [-0.39, 0.29) is 5.56 Å². The third-order valence-corrected chi connectivity index (χ3v) is 2.27. The van der Waals surface area contributed by atoms with Gasteiger partial charge in [-0.25, -0.2) is 0 Å². The summed E-state index contributed by atoms with van der Waals surface area (Å²) in [7, 11) is 0. The Kier molecular flexibility index (Phi) is 2.90. The van der Waals surface area contributed by atoms with Gasteiger partial charge in [0.1, 0.15) is 10.6 Å². The van der Waals surface area contributed by atoms with E-state index in [1.165, 1.54) is 6.92 Å². The highest BCUT2D eigenvalue weighted by atomic mass is 35.5. The van der Waals surface area contributed by atoms with Crippen LogP contribution < -0.4 is 0 Å². The van der Waals surface area contributed by atoms with Crippen LogP contribution in [0, 0.1) is 17.0 Å². The van der Waals surface area contributed by atoms with Gasteiger partial charge < -0.3 is 0 Å². The molecule has 0 aliphatic rings. The highest BCUT2D eigenvalue weighted by Gasteiger charge is 2.39. The molecule has 0 aliphatic heterocycles. The fourth-order valence-electron chi connectivity index (χ4n) is 1.07. The Morgan fingerprint density at radius 1 is 1.40 bits per heavy atom. The van der Waals surface area contributed by atoms with Gasteiger partial charge in [0.05, 0.1) is 4.92 Å². The summed E-state index contributed by atoms with van der Waals surface area (Å²) >= 11 is 5.46. The topological polar surface area (TPSA) is 43.1 Å². The second-order valence-electron chi connectivity index (χ2n) is 2.85. The predicted molar refractivity (Wildman–Crippen MR) is 47.8 cm³/mol. The Bertz CT molecular complexity index is 417. The Labute approximate surface area is 87.6 Å². The van der Waals surface area contributed by atoms with Gasteiger partial charge in [0.2, 0.25) is 0 Å². The summed E-state index contributed by atoms with van der Waals surface area (Å²) in [5.74, 6) is 0. The third-order valence-electron chi connectivity index (χ3n) is 1.80. The number of hydrogen-bond acceptors (Lipinski definition) is 2. The first-order chi connectivity index (χ1) is 6.75. The van der Waals surface area contributed by atoms with Crippen LogP contribution in [-0.4, -0.2) is 4.92 Å². The molecule has 0 saturated heterocycles. The van der Waals surface area contributed by atoms with Gasteiger partial charge in [-0.15, -0.1) is 0 Å². The summed E-state index contributed by atoms with van der Waals surface area (Å²) in [6.07, 6.45) is -4.78.